The van der Waals surface area contributed by atoms with Crippen LogP contribution in [0.1, 0.15) is 11.1 Å². The maximum absolute atomic E-state index is 11.7. The zero-order valence-electron chi connectivity index (χ0n) is 13.0. The molecule has 1 N–H and O–H groups in total. The number of nitro groups is 1. The number of halogens is 2. The van der Waals surface area contributed by atoms with Crippen LogP contribution in [0.5, 0.6) is 5.75 Å². The third-order valence-electron chi connectivity index (χ3n) is 3.03. The average Bonchev–Trinajstić information content (AvgIpc) is 2.55. The lowest BCUT2D eigenvalue weighted by atomic mass is 10.2. The van der Waals surface area contributed by atoms with Gasteiger partial charge in [-0.25, -0.2) is 5.43 Å². The number of hydrogen-bond donors (Lipinski definition) is 1. The number of aryl methyl sites for hydroxylation is 1. The van der Waals surface area contributed by atoms with Gasteiger partial charge in [0, 0.05) is 16.7 Å². The van der Waals surface area contributed by atoms with E-state index in [9.17, 15) is 14.9 Å². The first kappa shape index (κ1) is 18.7. The van der Waals surface area contributed by atoms with E-state index in [1.54, 1.807) is 31.2 Å². The second-order valence-corrected chi connectivity index (χ2v) is 5.82. The van der Waals surface area contributed by atoms with Gasteiger partial charge in [-0.3, -0.25) is 14.9 Å². The molecular formula is C16H13Cl2N3O4. The molecule has 0 atom stereocenters. The monoisotopic (exact) mass is 381 g/mol. The van der Waals surface area contributed by atoms with Crippen LogP contribution in [0.25, 0.3) is 0 Å². The Balaban J connectivity index is 1.93. The van der Waals surface area contributed by atoms with Gasteiger partial charge in [-0.05, 0) is 30.7 Å². The van der Waals surface area contributed by atoms with Crippen LogP contribution in [0.2, 0.25) is 10.0 Å². The van der Waals surface area contributed by atoms with Crippen LogP contribution in [0.4, 0.5) is 5.69 Å². The van der Waals surface area contributed by atoms with Crippen molar-refractivity contribution in [2.45, 2.75) is 6.92 Å². The summed E-state index contributed by atoms with van der Waals surface area (Å²) in [6.45, 7) is 1.30. The Morgan fingerprint density at radius 3 is 2.76 bits per heavy atom. The van der Waals surface area contributed by atoms with E-state index in [1.807, 2.05) is 0 Å². The molecule has 0 aliphatic heterocycles. The number of carbonyl (C=O) groups is 1. The van der Waals surface area contributed by atoms with Crippen molar-refractivity contribution >= 4 is 41.0 Å². The Morgan fingerprint density at radius 1 is 1.32 bits per heavy atom. The van der Waals surface area contributed by atoms with E-state index in [-0.39, 0.29) is 11.4 Å². The molecule has 7 nitrogen and oxygen atoms in total. The van der Waals surface area contributed by atoms with Crippen LogP contribution in [-0.4, -0.2) is 23.7 Å². The van der Waals surface area contributed by atoms with Crippen LogP contribution in [0.3, 0.4) is 0 Å². The zero-order valence-corrected chi connectivity index (χ0v) is 14.5. The predicted molar refractivity (Wildman–Crippen MR) is 95.5 cm³/mol. The summed E-state index contributed by atoms with van der Waals surface area (Å²) in [4.78, 5) is 22.1. The molecule has 0 saturated heterocycles. The molecule has 1 amide bonds. The molecule has 0 fully saturated rings. The van der Waals surface area contributed by atoms with Crippen molar-refractivity contribution in [2.75, 3.05) is 6.61 Å². The Labute approximate surface area is 153 Å². The molecule has 0 radical (unpaired) electrons. The molecule has 0 spiro atoms. The fourth-order valence-corrected chi connectivity index (χ4v) is 2.31. The Hall–Kier alpha value is -2.64. The number of carbonyl (C=O) groups excluding carboxylic acids is 1. The second kappa shape index (κ2) is 8.46. The van der Waals surface area contributed by atoms with E-state index in [4.69, 9.17) is 27.9 Å². The highest BCUT2D eigenvalue weighted by Crippen LogP contribution is 2.27. The SMILES string of the molecule is Cc1ccc(OCC(=O)NN=Cc2ccc(Cl)cc2Cl)c([N+](=O)[O-])c1. The van der Waals surface area contributed by atoms with Gasteiger partial charge in [-0.2, -0.15) is 5.10 Å². The molecule has 0 aliphatic carbocycles. The van der Waals surface area contributed by atoms with E-state index >= 15 is 0 Å². The highest BCUT2D eigenvalue weighted by molar-refractivity contribution is 6.36. The summed E-state index contributed by atoms with van der Waals surface area (Å²) in [5.74, 6) is -0.563. The van der Waals surface area contributed by atoms with Crippen molar-refractivity contribution in [3.05, 3.63) is 67.7 Å². The minimum absolute atomic E-state index is 0.00970. The smallest absolute Gasteiger partial charge is 0.311 e. The Kier molecular flexibility index (Phi) is 6.32. The second-order valence-electron chi connectivity index (χ2n) is 4.98. The highest BCUT2D eigenvalue weighted by Gasteiger charge is 2.16. The summed E-state index contributed by atoms with van der Waals surface area (Å²) >= 11 is 11.8. The van der Waals surface area contributed by atoms with Crippen molar-refractivity contribution in [2.24, 2.45) is 5.10 Å². The third-order valence-corrected chi connectivity index (χ3v) is 3.59. The maximum Gasteiger partial charge on any atom is 0.311 e. The van der Waals surface area contributed by atoms with E-state index in [0.29, 0.717) is 21.2 Å². The van der Waals surface area contributed by atoms with Crippen LogP contribution in [0, 0.1) is 17.0 Å². The Morgan fingerprint density at radius 2 is 2.08 bits per heavy atom. The lowest BCUT2D eigenvalue weighted by Gasteiger charge is -2.06. The van der Waals surface area contributed by atoms with Crippen LogP contribution < -0.4 is 10.2 Å². The van der Waals surface area contributed by atoms with E-state index in [0.717, 1.165) is 0 Å². The van der Waals surface area contributed by atoms with Gasteiger partial charge in [-0.15, -0.1) is 0 Å². The standard InChI is InChI=1S/C16H13Cl2N3O4/c1-10-2-5-15(14(6-10)21(23)24)25-9-16(22)20-19-8-11-3-4-12(17)7-13(11)18/h2-8H,9H2,1H3,(H,20,22). The topological polar surface area (TPSA) is 93.8 Å². The lowest BCUT2D eigenvalue weighted by molar-refractivity contribution is -0.385. The number of rotatable bonds is 6. The number of hydrogen-bond acceptors (Lipinski definition) is 5. The number of nitrogens with one attached hydrogen (secondary N) is 1. The minimum atomic E-state index is -0.573. The molecule has 2 aromatic rings. The van der Waals surface area contributed by atoms with Crippen molar-refractivity contribution < 1.29 is 14.5 Å². The number of ether oxygens (including phenoxy) is 1. The fourth-order valence-electron chi connectivity index (χ4n) is 1.85. The summed E-state index contributed by atoms with van der Waals surface area (Å²) in [5, 5.41) is 15.6. The molecule has 0 unspecified atom stereocenters. The molecule has 0 aliphatic rings. The van der Waals surface area contributed by atoms with E-state index < -0.39 is 17.4 Å². The first-order valence-corrected chi connectivity index (χ1v) is 7.77. The van der Waals surface area contributed by atoms with Gasteiger partial charge in [-0.1, -0.05) is 35.3 Å². The van der Waals surface area contributed by atoms with Gasteiger partial charge in [0.2, 0.25) is 0 Å². The molecule has 0 heterocycles. The normalized spacial score (nSPS) is 10.7. The molecule has 130 valence electrons. The van der Waals surface area contributed by atoms with E-state index in [2.05, 4.69) is 10.5 Å². The summed E-state index contributed by atoms with van der Waals surface area (Å²) in [5.41, 5.74) is 3.33. The minimum Gasteiger partial charge on any atom is -0.477 e. The number of nitro benzene ring substituents is 1. The van der Waals surface area contributed by atoms with E-state index in [1.165, 1.54) is 18.3 Å². The van der Waals surface area contributed by atoms with Crippen LogP contribution >= 0.6 is 23.2 Å². The quantitative estimate of drug-likeness (QED) is 0.468. The third kappa shape index (κ3) is 5.44. The fraction of sp³-hybridized carbons (Fsp3) is 0.125. The summed E-state index contributed by atoms with van der Waals surface area (Å²) < 4.78 is 5.19. The van der Waals surface area contributed by atoms with Gasteiger partial charge in [0.25, 0.3) is 5.91 Å². The van der Waals surface area contributed by atoms with Crippen LogP contribution in [0.15, 0.2) is 41.5 Å². The zero-order chi connectivity index (χ0) is 18.4. The van der Waals surface area contributed by atoms with Crippen molar-refractivity contribution in [3.8, 4) is 5.75 Å². The van der Waals surface area contributed by atoms with Gasteiger partial charge in [0.1, 0.15) is 0 Å². The molecular weight excluding hydrogens is 369 g/mol. The van der Waals surface area contributed by atoms with Gasteiger partial charge in [0.05, 0.1) is 16.2 Å². The summed E-state index contributed by atoms with van der Waals surface area (Å²) in [6, 6.07) is 9.29. The van der Waals surface area contributed by atoms with Crippen molar-refractivity contribution in [3.63, 3.8) is 0 Å². The molecule has 0 saturated carbocycles. The first-order chi connectivity index (χ1) is 11.9. The molecule has 0 bridgehead atoms. The molecule has 9 heteroatoms. The molecule has 25 heavy (non-hydrogen) atoms. The highest BCUT2D eigenvalue weighted by atomic mass is 35.5. The lowest BCUT2D eigenvalue weighted by Crippen LogP contribution is -2.24. The van der Waals surface area contributed by atoms with Crippen LogP contribution in [-0.2, 0) is 4.79 Å². The maximum atomic E-state index is 11.7. The summed E-state index contributed by atoms with van der Waals surface area (Å²) in [6.07, 6.45) is 1.35. The predicted octanol–water partition coefficient (Wildman–Crippen LogP) is 3.74. The largest absolute Gasteiger partial charge is 0.477 e. The molecule has 2 aromatic carbocycles. The van der Waals surface area contributed by atoms with Gasteiger partial charge < -0.3 is 4.74 Å². The number of amides is 1. The number of benzene rings is 2. The van der Waals surface area contributed by atoms with Crippen molar-refractivity contribution in [1.29, 1.82) is 0 Å². The summed E-state index contributed by atoms with van der Waals surface area (Å²) in [7, 11) is 0. The Bertz CT molecular complexity index is 840. The number of hydrazone groups is 1. The van der Waals surface area contributed by atoms with Crippen molar-refractivity contribution in [1.82, 2.24) is 5.43 Å². The number of nitrogens with zero attached hydrogens (tertiary/aromatic N) is 2. The molecule has 2 rings (SSSR count). The van der Waals surface area contributed by atoms with Gasteiger partial charge >= 0.3 is 5.69 Å². The molecule has 0 aromatic heterocycles. The first-order valence-electron chi connectivity index (χ1n) is 7.01. The van der Waals surface area contributed by atoms with Gasteiger partial charge in [0.15, 0.2) is 12.4 Å². The average molecular weight is 382 g/mol.